The Balaban J connectivity index is 1.81. The molecule has 1 unspecified atom stereocenters. The normalized spacial score (nSPS) is 15.8. The van der Waals surface area contributed by atoms with Gasteiger partial charge < -0.3 is 25.0 Å². The van der Waals surface area contributed by atoms with Crippen molar-refractivity contribution < 1.29 is 19.2 Å². The van der Waals surface area contributed by atoms with Gasteiger partial charge in [0.15, 0.2) is 22.4 Å². The molecule has 0 saturated heterocycles. The number of aromatic nitrogens is 1. The molecule has 2 heterocycles. The van der Waals surface area contributed by atoms with Gasteiger partial charge in [-0.3, -0.25) is 9.69 Å². The molecule has 10 heteroatoms. The van der Waals surface area contributed by atoms with Gasteiger partial charge in [-0.15, -0.1) is 0 Å². The number of nitrogens with zero attached hydrogens (tertiary/aromatic N) is 2. The Morgan fingerprint density at radius 3 is 2.65 bits per heavy atom. The Bertz CT molecular complexity index is 1270. The lowest BCUT2D eigenvalue weighted by Crippen LogP contribution is -2.48. The molecule has 1 aliphatic heterocycles. The van der Waals surface area contributed by atoms with E-state index in [9.17, 15) is 9.90 Å². The first-order valence-corrected chi connectivity index (χ1v) is 11.3. The minimum Gasteiger partial charge on any atom is -0.504 e. The summed E-state index contributed by atoms with van der Waals surface area (Å²) in [7, 11) is 0. The molecular weight excluding hydrogens is 476 g/mol. The van der Waals surface area contributed by atoms with E-state index in [1.807, 2.05) is 26.0 Å². The molecule has 8 nitrogen and oxygen atoms in total. The monoisotopic (exact) mass is 498 g/mol. The number of nitrogens with one attached hydrogen (secondary N) is 2. The van der Waals surface area contributed by atoms with E-state index in [4.69, 9.17) is 33.1 Å². The Kier molecular flexibility index (Phi) is 6.76. The van der Waals surface area contributed by atoms with E-state index in [1.54, 1.807) is 42.2 Å². The fourth-order valence-electron chi connectivity index (χ4n) is 3.78. The molecule has 34 heavy (non-hydrogen) atoms. The van der Waals surface area contributed by atoms with Crippen molar-refractivity contribution >= 4 is 46.3 Å². The highest BCUT2D eigenvalue weighted by molar-refractivity contribution is 7.80. The Labute approximate surface area is 207 Å². The third-order valence-electron chi connectivity index (χ3n) is 5.30. The van der Waals surface area contributed by atoms with E-state index in [0.29, 0.717) is 50.9 Å². The number of thiocarbonyl (C=S) groups is 1. The van der Waals surface area contributed by atoms with Crippen molar-refractivity contribution in [2.24, 2.45) is 0 Å². The van der Waals surface area contributed by atoms with Gasteiger partial charge in [0, 0.05) is 22.5 Å². The number of aromatic hydroxyl groups is 1. The van der Waals surface area contributed by atoms with Crippen LogP contribution in [0.25, 0.3) is 0 Å². The number of benzene rings is 2. The molecule has 4 rings (SSSR count). The topological polar surface area (TPSA) is 99.9 Å². The molecule has 2 aromatic carbocycles. The average Bonchev–Trinajstić information content (AvgIpc) is 3.20. The van der Waals surface area contributed by atoms with E-state index in [1.165, 1.54) is 6.07 Å². The highest BCUT2D eigenvalue weighted by Gasteiger charge is 2.35. The smallest absolute Gasteiger partial charge is 0.257 e. The van der Waals surface area contributed by atoms with Crippen LogP contribution in [-0.2, 0) is 4.79 Å². The van der Waals surface area contributed by atoms with Crippen LogP contribution in [0.15, 0.2) is 64.3 Å². The highest BCUT2D eigenvalue weighted by Crippen LogP contribution is 2.37. The quantitative estimate of drug-likeness (QED) is 0.404. The lowest BCUT2D eigenvalue weighted by molar-refractivity contribution is -0.113. The van der Waals surface area contributed by atoms with Gasteiger partial charge in [0.25, 0.3) is 5.91 Å². The number of amides is 1. The van der Waals surface area contributed by atoms with Gasteiger partial charge in [0.1, 0.15) is 5.76 Å². The van der Waals surface area contributed by atoms with Gasteiger partial charge in [-0.1, -0.05) is 22.8 Å². The largest absolute Gasteiger partial charge is 0.504 e. The second kappa shape index (κ2) is 9.74. The minimum atomic E-state index is -0.608. The van der Waals surface area contributed by atoms with Crippen molar-refractivity contribution in [3.05, 3.63) is 76.1 Å². The van der Waals surface area contributed by atoms with Crippen LogP contribution in [-0.4, -0.2) is 27.9 Å². The lowest BCUT2D eigenvalue weighted by atomic mass is 9.93. The molecular formula is C24H23ClN4O4S. The summed E-state index contributed by atoms with van der Waals surface area (Å²) in [6.45, 7) is 5.77. The number of carbonyl (C=O) groups is 1. The molecule has 3 aromatic rings. The summed E-state index contributed by atoms with van der Waals surface area (Å²) in [5, 5.41) is 21.1. The first kappa shape index (κ1) is 23.6. The van der Waals surface area contributed by atoms with Crippen LogP contribution < -0.4 is 20.3 Å². The van der Waals surface area contributed by atoms with Crippen molar-refractivity contribution in [2.75, 3.05) is 16.8 Å². The summed E-state index contributed by atoms with van der Waals surface area (Å²) in [6, 6.07) is 13.1. The van der Waals surface area contributed by atoms with Gasteiger partial charge in [-0.05, 0) is 75.0 Å². The molecule has 1 atom stereocenters. The van der Waals surface area contributed by atoms with E-state index in [-0.39, 0.29) is 11.7 Å². The molecule has 0 aliphatic carbocycles. The van der Waals surface area contributed by atoms with Gasteiger partial charge in [-0.2, -0.15) is 0 Å². The van der Waals surface area contributed by atoms with Crippen LogP contribution in [0, 0.1) is 6.92 Å². The van der Waals surface area contributed by atoms with Crippen LogP contribution in [0.1, 0.15) is 31.2 Å². The van der Waals surface area contributed by atoms with E-state index in [0.717, 1.165) is 5.69 Å². The third-order valence-corrected chi connectivity index (χ3v) is 5.85. The molecule has 1 aliphatic rings. The van der Waals surface area contributed by atoms with Crippen LogP contribution in [0.4, 0.5) is 11.5 Å². The average molecular weight is 499 g/mol. The fourth-order valence-corrected chi connectivity index (χ4v) is 4.26. The summed E-state index contributed by atoms with van der Waals surface area (Å²) < 4.78 is 10.6. The third kappa shape index (κ3) is 4.71. The molecule has 176 valence electrons. The van der Waals surface area contributed by atoms with Crippen molar-refractivity contribution in [1.82, 2.24) is 10.5 Å². The highest BCUT2D eigenvalue weighted by atomic mass is 35.5. The molecule has 3 N–H and O–H groups in total. The van der Waals surface area contributed by atoms with Crippen LogP contribution in [0.3, 0.4) is 0 Å². The Morgan fingerprint density at radius 2 is 2.00 bits per heavy atom. The second-order valence-corrected chi connectivity index (χ2v) is 8.45. The molecule has 0 saturated carbocycles. The zero-order chi connectivity index (χ0) is 24.4. The molecule has 1 aromatic heterocycles. The maximum Gasteiger partial charge on any atom is 0.257 e. The molecule has 0 bridgehead atoms. The number of phenolic OH excluding ortho intramolecular Hbond substituents is 1. The lowest BCUT2D eigenvalue weighted by Gasteiger charge is -2.38. The summed E-state index contributed by atoms with van der Waals surface area (Å²) in [6.07, 6.45) is 0. The van der Waals surface area contributed by atoms with E-state index >= 15 is 0 Å². The maximum atomic E-state index is 13.5. The van der Waals surface area contributed by atoms with Crippen molar-refractivity contribution in [3.8, 4) is 11.5 Å². The number of halogens is 1. The summed E-state index contributed by atoms with van der Waals surface area (Å²) in [4.78, 5) is 15.3. The summed E-state index contributed by atoms with van der Waals surface area (Å²) in [5.41, 5.74) is 2.48. The Hall–Kier alpha value is -3.56. The maximum absolute atomic E-state index is 13.5. The van der Waals surface area contributed by atoms with Gasteiger partial charge in [-0.25, -0.2) is 0 Å². The molecule has 0 radical (unpaired) electrons. The van der Waals surface area contributed by atoms with Crippen molar-refractivity contribution in [3.63, 3.8) is 0 Å². The van der Waals surface area contributed by atoms with Gasteiger partial charge >= 0.3 is 0 Å². The van der Waals surface area contributed by atoms with Crippen molar-refractivity contribution in [2.45, 2.75) is 26.8 Å². The summed E-state index contributed by atoms with van der Waals surface area (Å²) >= 11 is 11.7. The second-order valence-electron chi connectivity index (χ2n) is 7.63. The number of carbonyl (C=O) groups excluding carboxylic acids is 1. The predicted molar refractivity (Wildman–Crippen MR) is 134 cm³/mol. The number of allylic oxidation sites excluding steroid dienone is 1. The standard InChI is InChI=1S/C24H23ClN4O4S/c1-4-32-19-12-15(5-10-18(19)30)22-21(23(31)26-20-11-13(2)33-28-20)14(3)29(24(34)27-22)17-8-6-16(25)7-9-17/h5-12,22,30H,4H2,1-3H3,(H,27,34)(H,26,28,31). The van der Waals surface area contributed by atoms with Crippen LogP contribution >= 0.6 is 23.8 Å². The first-order chi connectivity index (χ1) is 16.3. The van der Waals surface area contributed by atoms with Crippen LogP contribution in [0.2, 0.25) is 5.02 Å². The number of hydrogen-bond donors (Lipinski definition) is 3. The first-order valence-electron chi connectivity index (χ1n) is 10.6. The number of ether oxygens (including phenoxy) is 1. The molecule has 1 amide bonds. The molecule has 0 fully saturated rings. The number of anilines is 2. The molecule has 0 spiro atoms. The van der Waals surface area contributed by atoms with E-state index in [2.05, 4.69) is 15.8 Å². The number of rotatable bonds is 6. The fraction of sp³-hybridized carbons (Fsp3) is 0.208. The number of aryl methyl sites for hydroxylation is 1. The Morgan fingerprint density at radius 1 is 1.26 bits per heavy atom. The zero-order valence-electron chi connectivity index (χ0n) is 18.8. The minimum absolute atomic E-state index is 0.0107. The predicted octanol–water partition coefficient (Wildman–Crippen LogP) is 5.09. The zero-order valence-corrected chi connectivity index (χ0v) is 20.3. The number of phenols is 1. The van der Waals surface area contributed by atoms with E-state index < -0.39 is 6.04 Å². The van der Waals surface area contributed by atoms with Crippen LogP contribution in [0.5, 0.6) is 11.5 Å². The summed E-state index contributed by atoms with van der Waals surface area (Å²) in [5.74, 6) is 0.821. The SMILES string of the molecule is CCOc1cc(C2NC(=S)N(c3ccc(Cl)cc3)C(C)=C2C(=O)Nc2cc(C)on2)ccc1O. The number of hydrogen-bond acceptors (Lipinski definition) is 6. The van der Waals surface area contributed by atoms with Gasteiger partial charge in [0.2, 0.25) is 0 Å². The van der Waals surface area contributed by atoms with Gasteiger partial charge in [0.05, 0.1) is 18.2 Å². The van der Waals surface area contributed by atoms with Crippen molar-refractivity contribution in [1.29, 1.82) is 0 Å².